The Bertz CT molecular complexity index is 655. The molecule has 0 saturated heterocycles. The van der Waals surface area contributed by atoms with Gasteiger partial charge in [-0.1, -0.05) is 54.1 Å². The minimum atomic E-state index is -0.867. The molecule has 4 N–H and O–H groups in total. The SMILES string of the molecule is CNC(CO)(CO)CC(O)c1ccc(CCCCc2ccc(C)cc2)cc1. The summed E-state index contributed by atoms with van der Waals surface area (Å²) in [4.78, 5) is 0. The van der Waals surface area contributed by atoms with Gasteiger partial charge in [0, 0.05) is 6.42 Å². The van der Waals surface area contributed by atoms with Crippen LogP contribution >= 0.6 is 0 Å². The second-order valence-electron chi connectivity index (χ2n) is 7.50. The van der Waals surface area contributed by atoms with Crippen LogP contribution in [0.25, 0.3) is 0 Å². The maximum Gasteiger partial charge on any atom is 0.0809 e. The lowest BCUT2D eigenvalue weighted by atomic mass is 9.90. The molecule has 0 spiro atoms. The predicted molar refractivity (Wildman–Crippen MR) is 110 cm³/mol. The van der Waals surface area contributed by atoms with Crippen LogP contribution in [-0.2, 0) is 12.8 Å². The number of aliphatic hydroxyl groups excluding tert-OH is 3. The number of hydrogen-bond donors (Lipinski definition) is 4. The highest BCUT2D eigenvalue weighted by Crippen LogP contribution is 2.24. The van der Waals surface area contributed by atoms with Crippen molar-refractivity contribution in [2.24, 2.45) is 0 Å². The zero-order chi connectivity index (χ0) is 19.7. The molecule has 0 saturated carbocycles. The molecule has 27 heavy (non-hydrogen) atoms. The van der Waals surface area contributed by atoms with Crippen LogP contribution in [0.4, 0.5) is 0 Å². The summed E-state index contributed by atoms with van der Waals surface area (Å²) in [6.07, 6.45) is 3.94. The van der Waals surface area contributed by atoms with E-state index in [1.54, 1.807) is 7.05 Å². The van der Waals surface area contributed by atoms with Gasteiger partial charge in [0.2, 0.25) is 0 Å². The first-order chi connectivity index (χ1) is 13.0. The number of rotatable bonds is 11. The maximum atomic E-state index is 10.4. The number of benzene rings is 2. The highest BCUT2D eigenvalue weighted by Gasteiger charge is 2.30. The molecule has 0 aliphatic rings. The van der Waals surface area contributed by atoms with E-state index in [4.69, 9.17) is 0 Å². The lowest BCUT2D eigenvalue weighted by Crippen LogP contribution is -2.50. The third-order valence-corrected chi connectivity index (χ3v) is 5.39. The topological polar surface area (TPSA) is 72.7 Å². The van der Waals surface area contributed by atoms with Crippen LogP contribution in [0.1, 0.15) is 47.6 Å². The fourth-order valence-corrected chi connectivity index (χ4v) is 3.25. The van der Waals surface area contributed by atoms with Gasteiger partial charge >= 0.3 is 0 Å². The fraction of sp³-hybridized carbons (Fsp3) is 0.478. The molecule has 4 heteroatoms. The normalized spacial score (nSPS) is 12.9. The van der Waals surface area contributed by atoms with Crippen LogP contribution in [0.3, 0.4) is 0 Å². The Kier molecular flexibility index (Phi) is 8.45. The van der Waals surface area contributed by atoms with E-state index < -0.39 is 11.6 Å². The smallest absolute Gasteiger partial charge is 0.0809 e. The first-order valence-corrected chi connectivity index (χ1v) is 9.75. The summed E-state index contributed by atoms with van der Waals surface area (Å²) in [5, 5.41) is 32.4. The third-order valence-electron chi connectivity index (χ3n) is 5.39. The molecule has 148 valence electrons. The Morgan fingerprint density at radius 2 is 1.33 bits per heavy atom. The summed E-state index contributed by atoms with van der Waals surface area (Å²) in [7, 11) is 1.68. The van der Waals surface area contributed by atoms with Gasteiger partial charge in [0.25, 0.3) is 0 Å². The lowest BCUT2D eigenvalue weighted by Gasteiger charge is -2.31. The fourth-order valence-electron chi connectivity index (χ4n) is 3.25. The number of hydrogen-bond acceptors (Lipinski definition) is 4. The van der Waals surface area contributed by atoms with Crippen molar-refractivity contribution in [3.8, 4) is 0 Å². The molecule has 0 aliphatic heterocycles. The lowest BCUT2D eigenvalue weighted by molar-refractivity contribution is 0.0435. The van der Waals surface area contributed by atoms with Crippen LogP contribution in [0.15, 0.2) is 48.5 Å². The summed E-state index contributed by atoms with van der Waals surface area (Å²) in [6.45, 7) is 1.66. The molecule has 2 aromatic rings. The van der Waals surface area contributed by atoms with Crippen molar-refractivity contribution in [1.29, 1.82) is 0 Å². The molecule has 0 aliphatic carbocycles. The number of aryl methyl sites for hydroxylation is 3. The van der Waals surface area contributed by atoms with E-state index in [1.807, 2.05) is 12.1 Å². The van der Waals surface area contributed by atoms with E-state index >= 15 is 0 Å². The van der Waals surface area contributed by atoms with Crippen molar-refractivity contribution in [1.82, 2.24) is 5.32 Å². The maximum absolute atomic E-state index is 10.4. The summed E-state index contributed by atoms with van der Waals surface area (Å²) < 4.78 is 0. The highest BCUT2D eigenvalue weighted by molar-refractivity contribution is 5.25. The standard InChI is InChI=1S/C23H33NO3/c1-18-7-9-19(10-8-18)5-3-4-6-20-11-13-21(14-12-20)22(27)15-23(16-25,17-26)24-2/h7-14,22,24-27H,3-6,15-17H2,1-2H3. The largest absolute Gasteiger partial charge is 0.394 e. The molecular weight excluding hydrogens is 338 g/mol. The number of unbranched alkanes of at least 4 members (excludes halogenated alkanes) is 1. The van der Waals surface area contributed by atoms with E-state index in [0.29, 0.717) is 0 Å². The molecule has 0 radical (unpaired) electrons. The molecular formula is C23H33NO3. The quantitative estimate of drug-likeness (QED) is 0.458. The van der Waals surface area contributed by atoms with Crippen molar-refractivity contribution < 1.29 is 15.3 Å². The summed E-state index contributed by atoms with van der Waals surface area (Å²) in [5.41, 5.74) is 3.89. The highest BCUT2D eigenvalue weighted by atomic mass is 16.3. The van der Waals surface area contributed by atoms with E-state index in [1.165, 1.54) is 16.7 Å². The van der Waals surface area contributed by atoms with Gasteiger partial charge < -0.3 is 20.6 Å². The number of likely N-dealkylation sites (N-methyl/N-ethyl adjacent to an activating group) is 1. The Hall–Kier alpha value is -1.72. The molecule has 1 unspecified atom stereocenters. The van der Waals surface area contributed by atoms with Gasteiger partial charge in [-0.05, 0) is 56.3 Å². The van der Waals surface area contributed by atoms with Crippen LogP contribution in [0.5, 0.6) is 0 Å². The summed E-state index contributed by atoms with van der Waals surface area (Å²) in [6, 6.07) is 16.7. The van der Waals surface area contributed by atoms with Gasteiger partial charge in [0.05, 0.1) is 24.9 Å². The summed E-state index contributed by atoms with van der Waals surface area (Å²) >= 11 is 0. The van der Waals surface area contributed by atoms with E-state index in [2.05, 4.69) is 48.6 Å². The third kappa shape index (κ3) is 6.43. The van der Waals surface area contributed by atoms with Crippen LogP contribution in [0, 0.1) is 6.92 Å². The average Bonchev–Trinajstić information content (AvgIpc) is 2.71. The van der Waals surface area contributed by atoms with Gasteiger partial charge in [-0.2, -0.15) is 0 Å². The zero-order valence-corrected chi connectivity index (χ0v) is 16.5. The molecule has 4 nitrogen and oxygen atoms in total. The van der Waals surface area contributed by atoms with Gasteiger partial charge in [0.15, 0.2) is 0 Å². The molecule has 0 bridgehead atoms. The second kappa shape index (κ2) is 10.6. The molecule has 0 fully saturated rings. The van der Waals surface area contributed by atoms with E-state index in [9.17, 15) is 15.3 Å². The van der Waals surface area contributed by atoms with Crippen molar-refractivity contribution in [3.05, 3.63) is 70.8 Å². The average molecular weight is 372 g/mol. The predicted octanol–water partition coefficient (Wildman–Crippen LogP) is 2.93. The Morgan fingerprint density at radius 3 is 1.78 bits per heavy atom. The Morgan fingerprint density at radius 1 is 0.852 bits per heavy atom. The Labute approximate surface area is 162 Å². The van der Waals surface area contributed by atoms with Crippen LogP contribution in [-0.4, -0.2) is 41.1 Å². The van der Waals surface area contributed by atoms with E-state index in [0.717, 1.165) is 31.2 Å². The van der Waals surface area contributed by atoms with Crippen LogP contribution in [0.2, 0.25) is 0 Å². The monoisotopic (exact) mass is 371 g/mol. The number of aliphatic hydroxyl groups is 3. The molecule has 0 aromatic heterocycles. The zero-order valence-electron chi connectivity index (χ0n) is 16.5. The molecule has 0 heterocycles. The van der Waals surface area contributed by atoms with Crippen molar-refractivity contribution in [3.63, 3.8) is 0 Å². The summed E-state index contributed by atoms with van der Waals surface area (Å²) in [5.74, 6) is 0. The molecule has 1 atom stereocenters. The first-order valence-electron chi connectivity index (χ1n) is 9.75. The Balaban J connectivity index is 1.81. The van der Waals surface area contributed by atoms with Crippen molar-refractivity contribution in [2.45, 2.75) is 50.7 Å². The van der Waals surface area contributed by atoms with Gasteiger partial charge in [-0.25, -0.2) is 0 Å². The molecule has 2 aromatic carbocycles. The first kappa shape index (κ1) is 21.6. The molecule has 0 amide bonds. The van der Waals surface area contributed by atoms with Gasteiger partial charge in [-0.15, -0.1) is 0 Å². The van der Waals surface area contributed by atoms with Crippen molar-refractivity contribution >= 4 is 0 Å². The van der Waals surface area contributed by atoms with Crippen molar-refractivity contribution in [2.75, 3.05) is 20.3 Å². The minimum absolute atomic E-state index is 0.226. The van der Waals surface area contributed by atoms with Gasteiger partial charge in [0.1, 0.15) is 0 Å². The van der Waals surface area contributed by atoms with Crippen LogP contribution < -0.4 is 5.32 Å². The van der Waals surface area contributed by atoms with E-state index in [-0.39, 0.29) is 19.6 Å². The minimum Gasteiger partial charge on any atom is -0.394 e. The second-order valence-corrected chi connectivity index (χ2v) is 7.50. The van der Waals surface area contributed by atoms with Gasteiger partial charge in [-0.3, -0.25) is 0 Å². The number of nitrogens with one attached hydrogen (secondary N) is 1. The molecule has 2 rings (SSSR count).